The Morgan fingerprint density at radius 2 is 2.32 bits per heavy atom. The summed E-state index contributed by atoms with van der Waals surface area (Å²) in [7, 11) is 0. The first kappa shape index (κ1) is 13.0. The fraction of sp³-hybridized carbons (Fsp3) is 0.200. The van der Waals surface area contributed by atoms with Crippen LogP contribution in [0, 0.1) is 0 Å². The van der Waals surface area contributed by atoms with Crippen molar-refractivity contribution in [1.82, 2.24) is 30.9 Å². The summed E-state index contributed by atoms with van der Waals surface area (Å²) in [5.74, 6) is 0.0555. The maximum atomic E-state index is 11.9. The van der Waals surface area contributed by atoms with E-state index in [-0.39, 0.29) is 22.6 Å². The highest BCUT2D eigenvalue weighted by Gasteiger charge is 2.15. The van der Waals surface area contributed by atoms with Gasteiger partial charge in [-0.15, -0.1) is 10.2 Å². The van der Waals surface area contributed by atoms with E-state index in [1.807, 2.05) is 0 Å². The number of nitrogens with two attached hydrogens (primary N) is 1. The predicted octanol–water partition coefficient (Wildman–Crippen LogP) is -0.280. The van der Waals surface area contributed by atoms with Crippen LogP contribution in [-0.4, -0.2) is 36.5 Å². The van der Waals surface area contributed by atoms with E-state index >= 15 is 0 Å². The van der Waals surface area contributed by atoms with Crippen molar-refractivity contribution in [3.05, 3.63) is 35.4 Å². The summed E-state index contributed by atoms with van der Waals surface area (Å²) in [5, 5.41) is 16.0. The molecule has 0 bridgehead atoms. The highest BCUT2D eigenvalue weighted by molar-refractivity contribution is 7.80. The lowest BCUT2D eigenvalue weighted by atomic mass is 10.2. The molecular weight excluding hydrogens is 266 g/mol. The van der Waals surface area contributed by atoms with E-state index in [4.69, 9.17) is 18.0 Å². The number of rotatable bonds is 4. The number of hydrogen-bond donors (Lipinski definition) is 3. The molecule has 98 valence electrons. The average molecular weight is 277 g/mol. The molecule has 1 amide bonds. The van der Waals surface area contributed by atoms with E-state index < -0.39 is 0 Å². The van der Waals surface area contributed by atoms with Crippen LogP contribution < -0.4 is 11.1 Å². The number of pyridine rings is 1. The number of aromatic nitrogens is 5. The summed E-state index contributed by atoms with van der Waals surface area (Å²) in [6.45, 7) is 1.74. The third-order valence-corrected chi connectivity index (χ3v) is 2.61. The molecule has 9 heteroatoms. The molecule has 8 nitrogen and oxygen atoms in total. The normalized spacial score (nSPS) is 11.8. The number of thiocarbonyl (C=S) groups is 1. The first-order valence-corrected chi connectivity index (χ1v) is 5.79. The second-order valence-electron chi connectivity index (χ2n) is 3.76. The van der Waals surface area contributed by atoms with Gasteiger partial charge in [-0.3, -0.25) is 9.78 Å². The van der Waals surface area contributed by atoms with Gasteiger partial charge in [0.05, 0.1) is 6.04 Å². The molecule has 2 rings (SSSR count). The van der Waals surface area contributed by atoms with Crippen LogP contribution in [0.5, 0.6) is 0 Å². The van der Waals surface area contributed by atoms with Crippen molar-refractivity contribution >= 4 is 23.1 Å². The number of H-pyrrole nitrogens is 1. The van der Waals surface area contributed by atoms with Crippen LogP contribution >= 0.6 is 12.2 Å². The molecule has 0 fully saturated rings. The van der Waals surface area contributed by atoms with Crippen molar-refractivity contribution in [2.75, 3.05) is 0 Å². The van der Waals surface area contributed by atoms with Crippen molar-refractivity contribution in [3.8, 4) is 0 Å². The zero-order chi connectivity index (χ0) is 13.8. The van der Waals surface area contributed by atoms with Crippen molar-refractivity contribution in [1.29, 1.82) is 0 Å². The Kier molecular flexibility index (Phi) is 3.76. The molecule has 1 unspecified atom stereocenters. The number of tetrazole rings is 1. The van der Waals surface area contributed by atoms with Crippen molar-refractivity contribution < 1.29 is 4.79 Å². The van der Waals surface area contributed by atoms with E-state index in [1.54, 1.807) is 19.1 Å². The van der Waals surface area contributed by atoms with Gasteiger partial charge in [0.2, 0.25) is 0 Å². The lowest BCUT2D eigenvalue weighted by Crippen LogP contribution is -2.28. The lowest BCUT2D eigenvalue weighted by molar-refractivity contribution is 0.0933. The molecule has 2 heterocycles. The minimum atomic E-state index is -0.372. The molecule has 0 saturated heterocycles. The van der Waals surface area contributed by atoms with Crippen LogP contribution in [0.15, 0.2) is 18.3 Å². The Morgan fingerprint density at radius 1 is 1.53 bits per heavy atom. The monoisotopic (exact) mass is 277 g/mol. The summed E-state index contributed by atoms with van der Waals surface area (Å²) in [5.41, 5.74) is 6.32. The topological polar surface area (TPSA) is 122 Å². The van der Waals surface area contributed by atoms with Crippen LogP contribution in [0.2, 0.25) is 0 Å². The van der Waals surface area contributed by atoms with Crippen molar-refractivity contribution in [3.63, 3.8) is 0 Å². The molecule has 0 aliphatic carbocycles. The number of nitrogens with one attached hydrogen (secondary N) is 2. The molecule has 2 aromatic rings. The predicted molar refractivity (Wildman–Crippen MR) is 70.2 cm³/mol. The number of amides is 1. The summed E-state index contributed by atoms with van der Waals surface area (Å²) in [6, 6.07) is 2.82. The minimum absolute atomic E-state index is 0.236. The van der Waals surface area contributed by atoms with Crippen LogP contribution in [-0.2, 0) is 0 Å². The van der Waals surface area contributed by atoms with Crippen LogP contribution in [0.3, 0.4) is 0 Å². The smallest absolute Gasteiger partial charge is 0.270 e. The van der Waals surface area contributed by atoms with Gasteiger partial charge >= 0.3 is 0 Å². The Balaban J connectivity index is 2.05. The molecule has 0 spiro atoms. The maximum absolute atomic E-state index is 11.9. The molecule has 0 aromatic carbocycles. The van der Waals surface area contributed by atoms with E-state index in [2.05, 4.69) is 30.9 Å². The summed E-state index contributed by atoms with van der Waals surface area (Å²) in [4.78, 5) is 16.1. The first-order valence-electron chi connectivity index (χ1n) is 5.38. The SMILES string of the molecule is CC(NC(=O)c1ccc(C(N)=S)cn1)c1nn[nH]n1. The standard InChI is InChI=1S/C10H11N7OS/c1-5(9-14-16-17-15-9)13-10(18)7-3-2-6(4-12-7)8(11)19/h2-5H,1H3,(H2,11,19)(H,13,18)(H,14,15,16,17). The Hall–Kier alpha value is -2.42. The van der Waals surface area contributed by atoms with Crippen molar-refractivity contribution in [2.45, 2.75) is 13.0 Å². The summed E-state index contributed by atoms with van der Waals surface area (Å²) < 4.78 is 0. The maximum Gasteiger partial charge on any atom is 0.270 e. The summed E-state index contributed by atoms with van der Waals surface area (Å²) >= 11 is 4.81. The van der Waals surface area contributed by atoms with E-state index in [0.29, 0.717) is 11.4 Å². The zero-order valence-electron chi connectivity index (χ0n) is 9.99. The van der Waals surface area contributed by atoms with Crippen LogP contribution in [0.25, 0.3) is 0 Å². The van der Waals surface area contributed by atoms with Gasteiger partial charge in [0.15, 0.2) is 5.82 Å². The molecule has 4 N–H and O–H groups in total. The fourth-order valence-electron chi connectivity index (χ4n) is 1.36. The first-order chi connectivity index (χ1) is 9.08. The van der Waals surface area contributed by atoms with Gasteiger partial charge < -0.3 is 11.1 Å². The van der Waals surface area contributed by atoms with Gasteiger partial charge in [0.25, 0.3) is 5.91 Å². The van der Waals surface area contributed by atoms with Gasteiger partial charge in [-0.25, -0.2) is 0 Å². The number of nitrogens with zero attached hydrogens (tertiary/aromatic N) is 4. The number of carbonyl (C=O) groups excluding carboxylic acids is 1. The molecule has 0 saturated carbocycles. The van der Waals surface area contributed by atoms with Gasteiger partial charge in [-0.05, 0) is 19.1 Å². The molecule has 2 aromatic heterocycles. The zero-order valence-corrected chi connectivity index (χ0v) is 10.8. The van der Waals surface area contributed by atoms with Crippen LogP contribution in [0.4, 0.5) is 0 Å². The second kappa shape index (κ2) is 5.48. The molecule has 0 aliphatic rings. The molecule has 19 heavy (non-hydrogen) atoms. The third kappa shape index (κ3) is 3.07. The van der Waals surface area contributed by atoms with E-state index in [9.17, 15) is 4.79 Å². The molecule has 0 radical (unpaired) electrons. The second-order valence-corrected chi connectivity index (χ2v) is 4.20. The van der Waals surface area contributed by atoms with Crippen LogP contribution in [0.1, 0.15) is 34.8 Å². The lowest BCUT2D eigenvalue weighted by Gasteiger charge is -2.09. The molecule has 1 atom stereocenters. The highest BCUT2D eigenvalue weighted by Crippen LogP contribution is 2.06. The average Bonchev–Trinajstić information content (AvgIpc) is 2.92. The Bertz CT molecular complexity index is 580. The Labute approximate surface area is 113 Å². The van der Waals surface area contributed by atoms with Gasteiger partial charge in [-0.2, -0.15) is 5.21 Å². The van der Waals surface area contributed by atoms with Gasteiger partial charge in [-0.1, -0.05) is 17.4 Å². The van der Waals surface area contributed by atoms with Gasteiger partial charge in [0.1, 0.15) is 10.7 Å². The highest BCUT2D eigenvalue weighted by atomic mass is 32.1. The Morgan fingerprint density at radius 3 is 2.84 bits per heavy atom. The molecular formula is C10H11N7OS. The number of aromatic amines is 1. The number of carbonyl (C=O) groups is 1. The summed E-state index contributed by atoms with van der Waals surface area (Å²) in [6.07, 6.45) is 1.45. The largest absolute Gasteiger partial charge is 0.389 e. The number of hydrogen-bond acceptors (Lipinski definition) is 6. The van der Waals surface area contributed by atoms with E-state index in [1.165, 1.54) is 6.20 Å². The quantitative estimate of drug-likeness (QED) is 0.657. The van der Waals surface area contributed by atoms with E-state index in [0.717, 1.165) is 0 Å². The fourth-order valence-corrected chi connectivity index (χ4v) is 1.48. The third-order valence-electron chi connectivity index (χ3n) is 2.38. The van der Waals surface area contributed by atoms with Gasteiger partial charge in [0, 0.05) is 11.8 Å². The van der Waals surface area contributed by atoms with Crippen molar-refractivity contribution in [2.24, 2.45) is 5.73 Å². The minimum Gasteiger partial charge on any atom is -0.389 e. The molecule has 0 aliphatic heterocycles.